The molecule has 1 aliphatic rings. The number of anilines is 2. The van der Waals surface area contributed by atoms with Crippen molar-refractivity contribution in [2.24, 2.45) is 14.1 Å². The van der Waals surface area contributed by atoms with Crippen molar-refractivity contribution in [2.45, 2.75) is 26.4 Å². The Hall–Kier alpha value is -4.15. The summed E-state index contributed by atoms with van der Waals surface area (Å²) >= 11 is 0. The van der Waals surface area contributed by atoms with Crippen LogP contribution in [0.25, 0.3) is 21.8 Å². The summed E-state index contributed by atoms with van der Waals surface area (Å²) in [7, 11) is 3.52. The molecule has 0 atom stereocenters. The Morgan fingerprint density at radius 2 is 1.65 bits per heavy atom. The molecule has 0 radical (unpaired) electrons. The molecule has 0 aliphatic carbocycles. The molecule has 1 aliphatic heterocycles. The molecule has 1 N–H and O–H groups in total. The Bertz CT molecular complexity index is 1510. The van der Waals surface area contributed by atoms with Gasteiger partial charge in [0.05, 0.1) is 5.56 Å². The summed E-state index contributed by atoms with van der Waals surface area (Å²) < 4.78 is 23.2. The molecule has 2 amide bonds. The van der Waals surface area contributed by atoms with Gasteiger partial charge in [0, 0.05) is 74.8 Å². The second-order valence-electron chi connectivity index (χ2n) is 10.3. The number of nitrogens with one attached hydrogen (secondary N) is 1. The lowest BCUT2D eigenvalue weighted by molar-refractivity contribution is 0.0240. The molecule has 4 aromatic rings. The van der Waals surface area contributed by atoms with Crippen LogP contribution >= 0.6 is 0 Å². The largest absolute Gasteiger partial charge is 0.444 e. The molecule has 1 fully saturated rings. The maximum atomic E-state index is 14.5. The minimum Gasteiger partial charge on any atom is -0.444 e. The van der Waals surface area contributed by atoms with Crippen LogP contribution in [-0.2, 0) is 18.8 Å². The van der Waals surface area contributed by atoms with Crippen molar-refractivity contribution in [3.05, 3.63) is 48.0 Å². The Labute approximate surface area is 213 Å². The first kappa shape index (κ1) is 24.5. The van der Waals surface area contributed by atoms with E-state index >= 15 is 0 Å². The standard InChI is InChI=1S/C26H30FN7O3/c1-26(2,3)37-25(36)34-10-8-33(9-11-34)21-7-6-18(23-19(21)15-32(5)30-23)24(35)28-17-12-16-14-31(4)29-22(16)20(27)13-17/h6-7,12-15H,8-11H2,1-5H3,(H,28,35). The van der Waals surface area contributed by atoms with Gasteiger partial charge in [-0.3, -0.25) is 14.2 Å². The molecular weight excluding hydrogens is 477 g/mol. The predicted molar refractivity (Wildman–Crippen MR) is 139 cm³/mol. The van der Waals surface area contributed by atoms with Crippen molar-refractivity contribution in [1.29, 1.82) is 0 Å². The Morgan fingerprint density at radius 3 is 2.35 bits per heavy atom. The van der Waals surface area contributed by atoms with Crippen LogP contribution in [0.5, 0.6) is 0 Å². The van der Waals surface area contributed by atoms with Crippen LogP contribution < -0.4 is 10.2 Å². The molecule has 5 rings (SSSR count). The SMILES string of the molecule is Cn1cc2cc(NC(=O)c3ccc(N4CCN(C(=O)OC(C)(C)C)CC4)c4cn(C)nc34)cc(F)c2n1. The Morgan fingerprint density at radius 1 is 0.973 bits per heavy atom. The topological polar surface area (TPSA) is 97.5 Å². The number of amides is 2. The third-order valence-electron chi connectivity index (χ3n) is 6.22. The molecule has 1 saturated heterocycles. The van der Waals surface area contributed by atoms with Crippen LogP contribution in [0.3, 0.4) is 0 Å². The summed E-state index contributed by atoms with van der Waals surface area (Å²) in [4.78, 5) is 29.6. The van der Waals surface area contributed by atoms with Crippen molar-refractivity contribution in [3.8, 4) is 0 Å². The first-order valence-electron chi connectivity index (χ1n) is 12.1. The molecule has 2 aromatic carbocycles. The lowest BCUT2D eigenvalue weighted by Crippen LogP contribution is -2.50. The fourth-order valence-corrected chi connectivity index (χ4v) is 4.60. The monoisotopic (exact) mass is 507 g/mol. The van der Waals surface area contributed by atoms with Crippen molar-refractivity contribution in [3.63, 3.8) is 0 Å². The highest BCUT2D eigenvalue weighted by Gasteiger charge is 2.27. The number of ether oxygens (including phenoxy) is 1. The quantitative estimate of drug-likeness (QED) is 0.452. The van der Waals surface area contributed by atoms with Crippen molar-refractivity contribution in [2.75, 3.05) is 36.4 Å². The molecule has 37 heavy (non-hydrogen) atoms. The lowest BCUT2D eigenvalue weighted by Gasteiger charge is -2.37. The highest BCUT2D eigenvalue weighted by molar-refractivity contribution is 6.14. The molecule has 0 unspecified atom stereocenters. The minimum absolute atomic E-state index is 0.253. The normalized spacial score (nSPS) is 14.4. The molecule has 2 aromatic heterocycles. The number of aryl methyl sites for hydroxylation is 2. The third-order valence-corrected chi connectivity index (χ3v) is 6.22. The molecule has 10 nitrogen and oxygen atoms in total. The molecule has 0 saturated carbocycles. The first-order valence-corrected chi connectivity index (χ1v) is 12.1. The van der Waals surface area contributed by atoms with Crippen LogP contribution in [0.15, 0.2) is 36.7 Å². The smallest absolute Gasteiger partial charge is 0.410 e. The van der Waals surface area contributed by atoms with E-state index in [0.29, 0.717) is 48.3 Å². The van der Waals surface area contributed by atoms with E-state index in [-0.39, 0.29) is 17.5 Å². The van der Waals surface area contributed by atoms with Gasteiger partial charge in [0.2, 0.25) is 0 Å². The fraction of sp³-hybridized carbons (Fsp3) is 0.385. The Balaban J connectivity index is 1.37. The summed E-state index contributed by atoms with van der Waals surface area (Å²) in [6.07, 6.45) is 3.26. The van der Waals surface area contributed by atoms with Gasteiger partial charge in [-0.25, -0.2) is 9.18 Å². The van der Waals surface area contributed by atoms with Gasteiger partial charge < -0.3 is 19.9 Å². The van der Waals surface area contributed by atoms with Crippen molar-refractivity contribution in [1.82, 2.24) is 24.5 Å². The number of carbonyl (C=O) groups is 2. The van der Waals surface area contributed by atoms with E-state index < -0.39 is 11.4 Å². The minimum atomic E-state index is -0.540. The highest BCUT2D eigenvalue weighted by Crippen LogP contribution is 2.31. The van der Waals surface area contributed by atoms with E-state index in [1.54, 1.807) is 42.0 Å². The molecule has 0 spiro atoms. The number of benzene rings is 2. The second kappa shape index (κ2) is 9.06. The average molecular weight is 508 g/mol. The van der Waals surface area contributed by atoms with Crippen LogP contribution in [-0.4, -0.2) is 68.2 Å². The number of fused-ring (bicyclic) bond motifs is 2. The van der Waals surface area contributed by atoms with Gasteiger partial charge in [-0.2, -0.15) is 10.2 Å². The molecule has 194 valence electrons. The summed E-state index contributed by atoms with van der Waals surface area (Å²) in [6, 6.07) is 6.59. The fourth-order valence-electron chi connectivity index (χ4n) is 4.60. The van der Waals surface area contributed by atoms with Gasteiger partial charge in [0.1, 0.15) is 16.6 Å². The average Bonchev–Trinajstić information content (AvgIpc) is 3.39. The van der Waals surface area contributed by atoms with Crippen molar-refractivity contribution < 1.29 is 18.7 Å². The number of piperazine rings is 1. The zero-order valence-corrected chi connectivity index (χ0v) is 21.6. The van der Waals surface area contributed by atoms with Gasteiger partial charge in [0.25, 0.3) is 5.91 Å². The number of nitrogens with zero attached hydrogens (tertiary/aromatic N) is 6. The van der Waals surface area contributed by atoms with E-state index in [1.807, 2.05) is 33.0 Å². The van der Waals surface area contributed by atoms with Crippen LogP contribution in [0.2, 0.25) is 0 Å². The molecule has 3 heterocycles. The second-order valence-corrected chi connectivity index (χ2v) is 10.3. The van der Waals surface area contributed by atoms with E-state index in [1.165, 1.54) is 10.7 Å². The molecular formula is C26H30FN7O3. The Kier molecular flexibility index (Phi) is 6.01. The maximum Gasteiger partial charge on any atom is 0.410 e. The lowest BCUT2D eigenvalue weighted by atomic mass is 10.1. The number of aromatic nitrogens is 4. The van der Waals surface area contributed by atoms with Crippen molar-refractivity contribution >= 4 is 45.2 Å². The van der Waals surface area contributed by atoms with E-state index in [4.69, 9.17) is 4.74 Å². The maximum absolute atomic E-state index is 14.5. The molecule has 0 bridgehead atoms. The number of carbonyl (C=O) groups excluding carboxylic acids is 2. The van der Waals surface area contributed by atoms with Crippen LogP contribution in [0.1, 0.15) is 31.1 Å². The zero-order valence-electron chi connectivity index (χ0n) is 21.6. The third kappa shape index (κ3) is 4.93. The van der Waals surface area contributed by atoms with E-state index in [9.17, 15) is 14.0 Å². The summed E-state index contributed by atoms with van der Waals surface area (Å²) in [5, 5.41) is 12.9. The predicted octanol–water partition coefficient (Wildman–Crippen LogP) is 3.91. The first-order chi connectivity index (χ1) is 17.5. The molecule has 11 heteroatoms. The van der Waals surface area contributed by atoms with Gasteiger partial charge in [-0.1, -0.05) is 0 Å². The van der Waals surface area contributed by atoms with E-state index in [0.717, 1.165) is 11.1 Å². The van der Waals surface area contributed by atoms with Crippen LogP contribution in [0.4, 0.5) is 20.6 Å². The van der Waals surface area contributed by atoms with Gasteiger partial charge in [-0.05, 0) is 45.0 Å². The van der Waals surface area contributed by atoms with Crippen LogP contribution in [0, 0.1) is 5.82 Å². The zero-order chi connectivity index (χ0) is 26.5. The number of hydrogen-bond acceptors (Lipinski definition) is 6. The number of rotatable bonds is 3. The number of hydrogen-bond donors (Lipinski definition) is 1. The summed E-state index contributed by atoms with van der Waals surface area (Å²) in [5.74, 6) is -0.884. The van der Waals surface area contributed by atoms with E-state index in [2.05, 4.69) is 20.4 Å². The van der Waals surface area contributed by atoms with Gasteiger partial charge in [0.15, 0.2) is 5.82 Å². The summed E-state index contributed by atoms with van der Waals surface area (Å²) in [5.41, 5.74) is 1.93. The number of halogens is 1. The highest BCUT2D eigenvalue weighted by atomic mass is 19.1. The van der Waals surface area contributed by atoms with Gasteiger partial charge >= 0.3 is 6.09 Å². The van der Waals surface area contributed by atoms with Gasteiger partial charge in [-0.15, -0.1) is 0 Å². The summed E-state index contributed by atoms with van der Waals surface area (Å²) in [6.45, 7) is 7.87.